The van der Waals surface area contributed by atoms with Gasteiger partial charge < -0.3 is 15.5 Å². The molecular formula is C23H30N4O. The zero-order valence-electron chi connectivity index (χ0n) is 16.4. The second kappa shape index (κ2) is 9.20. The second-order valence-corrected chi connectivity index (χ2v) is 7.98. The number of amides is 1. The Labute approximate surface area is 167 Å². The number of nitrogens with one attached hydrogen (secondary N) is 2. The zero-order valence-corrected chi connectivity index (χ0v) is 16.4. The lowest BCUT2D eigenvalue weighted by Gasteiger charge is -2.35. The van der Waals surface area contributed by atoms with Gasteiger partial charge in [0.25, 0.3) is 5.91 Å². The van der Waals surface area contributed by atoms with Crippen LogP contribution in [0.5, 0.6) is 0 Å². The first-order chi connectivity index (χ1) is 13.8. The van der Waals surface area contributed by atoms with Crippen LogP contribution >= 0.6 is 0 Å². The van der Waals surface area contributed by atoms with Crippen LogP contribution in [0.25, 0.3) is 0 Å². The van der Waals surface area contributed by atoms with E-state index in [4.69, 9.17) is 0 Å². The van der Waals surface area contributed by atoms with Crippen LogP contribution in [0.15, 0.2) is 48.7 Å². The Hall–Kier alpha value is -2.40. The van der Waals surface area contributed by atoms with Crippen LogP contribution in [0.1, 0.15) is 54.1 Å². The molecule has 2 heterocycles. The number of benzene rings is 1. The molecule has 2 aromatic rings. The van der Waals surface area contributed by atoms with Crippen LogP contribution in [0.4, 0.5) is 5.82 Å². The summed E-state index contributed by atoms with van der Waals surface area (Å²) < 4.78 is 0. The highest BCUT2D eigenvalue weighted by molar-refractivity contribution is 5.94. The molecule has 0 unspecified atom stereocenters. The topological polar surface area (TPSA) is 57.3 Å². The first-order valence-electron chi connectivity index (χ1n) is 10.6. The van der Waals surface area contributed by atoms with Gasteiger partial charge in [-0.15, -0.1) is 0 Å². The molecule has 1 aromatic carbocycles. The minimum absolute atomic E-state index is 0.0176. The summed E-state index contributed by atoms with van der Waals surface area (Å²) >= 11 is 0. The molecule has 1 aromatic heterocycles. The summed E-state index contributed by atoms with van der Waals surface area (Å²) in [5, 5.41) is 6.72. The Balaban J connectivity index is 1.39. The minimum atomic E-state index is 0.0176. The van der Waals surface area contributed by atoms with E-state index >= 15 is 0 Å². The number of pyridine rings is 1. The van der Waals surface area contributed by atoms with Gasteiger partial charge in [-0.1, -0.05) is 49.6 Å². The van der Waals surface area contributed by atoms with Gasteiger partial charge in [0.2, 0.25) is 0 Å². The average molecular weight is 379 g/mol. The maximum Gasteiger partial charge on any atom is 0.251 e. The Kier molecular flexibility index (Phi) is 6.22. The lowest BCUT2D eigenvalue weighted by molar-refractivity contribution is 0.0943. The third kappa shape index (κ3) is 4.71. The number of anilines is 1. The van der Waals surface area contributed by atoms with Crippen LogP contribution in [0.3, 0.4) is 0 Å². The number of nitrogens with zero attached hydrogens (tertiary/aromatic N) is 2. The molecule has 1 aliphatic heterocycles. The highest BCUT2D eigenvalue weighted by Gasteiger charge is 2.22. The standard InChI is InChI=1S/C23H30N4O/c28-23(26-16-18-7-3-1-4-8-18)20-11-12-25-22(15-20)27-14-13-24-21(17-27)19-9-5-2-6-10-19/h2,5-6,9-12,15,18,21,24H,1,3-4,7-8,13-14,16-17H2,(H,26,28)/t21-/m1/s1. The van der Waals surface area contributed by atoms with E-state index in [0.717, 1.165) is 32.0 Å². The molecule has 1 amide bonds. The maximum atomic E-state index is 12.6. The molecule has 0 bridgehead atoms. The molecule has 28 heavy (non-hydrogen) atoms. The molecule has 1 atom stereocenters. The van der Waals surface area contributed by atoms with Gasteiger partial charge in [0, 0.05) is 44.0 Å². The highest BCUT2D eigenvalue weighted by atomic mass is 16.1. The van der Waals surface area contributed by atoms with E-state index in [1.54, 1.807) is 6.20 Å². The summed E-state index contributed by atoms with van der Waals surface area (Å²) in [4.78, 5) is 19.5. The number of rotatable bonds is 5. The van der Waals surface area contributed by atoms with Gasteiger partial charge in [-0.2, -0.15) is 0 Å². The van der Waals surface area contributed by atoms with E-state index in [-0.39, 0.29) is 11.9 Å². The minimum Gasteiger partial charge on any atom is -0.353 e. The summed E-state index contributed by atoms with van der Waals surface area (Å²) in [6.45, 7) is 3.44. The van der Waals surface area contributed by atoms with Gasteiger partial charge in [-0.05, 0) is 36.5 Å². The van der Waals surface area contributed by atoms with Crippen molar-refractivity contribution in [3.8, 4) is 0 Å². The second-order valence-electron chi connectivity index (χ2n) is 7.98. The fraction of sp³-hybridized carbons (Fsp3) is 0.478. The van der Waals surface area contributed by atoms with Crippen molar-refractivity contribution in [2.75, 3.05) is 31.1 Å². The predicted octanol–water partition coefficient (Wildman–Crippen LogP) is 3.54. The van der Waals surface area contributed by atoms with Crippen molar-refractivity contribution in [3.63, 3.8) is 0 Å². The van der Waals surface area contributed by atoms with Gasteiger partial charge in [0.05, 0.1) is 0 Å². The van der Waals surface area contributed by atoms with Crippen molar-refractivity contribution in [1.82, 2.24) is 15.6 Å². The number of hydrogen-bond acceptors (Lipinski definition) is 4. The van der Waals surface area contributed by atoms with Crippen molar-refractivity contribution in [2.45, 2.75) is 38.1 Å². The Morgan fingerprint density at radius 3 is 2.79 bits per heavy atom. The lowest BCUT2D eigenvalue weighted by atomic mass is 9.89. The highest BCUT2D eigenvalue weighted by Crippen LogP contribution is 2.24. The van der Waals surface area contributed by atoms with E-state index < -0.39 is 0 Å². The first-order valence-corrected chi connectivity index (χ1v) is 10.6. The molecule has 4 rings (SSSR count). The number of aromatic nitrogens is 1. The predicted molar refractivity (Wildman–Crippen MR) is 113 cm³/mol. The number of hydrogen-bond donors (Lipinski definition) is 2. The molecule has 5 heteroatoms. The van der Waals surface area contributed by atoms with E-state index in [1.165, 1.54) is 37.7 Å². The normalized spacial score (nSPS) is 20.7. The zero-order chi connectivity index (χ0) is 19.2. The van der Waals surface area contributed by atoms with Crippen LogP contribution < -0.4 is 15.5 Å². The molecular weight excluding hydrogens is 348 g/mol. The van der Waals surface area contributed by atoms with Gasteiger partial charge in [0.1, 0.15) is 5.82 Å². The monoisotopic (exact) mass is 378 g/mol. The first kappa shape index (κ1) is 18.9. The van der Waals surface area contributed by atoms with Gasteiger partial charge in [-0.25, -0.2) is 4.98 Å². The van der Waals surface area contributed by atoms with Crippen LogP contribution in [-0.4, -0.2) is 37.1 Å². The van der Waals surface area contributed by atoms with Crippen molar-refractivity contribution in [3.05, 3.63) is 59.8 Å². The van der Waals surface area contributed by atoms with Gasteiger partial charge in [0.15, 0.2) is 0 Å². The van der Waals surface area contributed by atoms with E-state index in [0.29, 0.717) is 11.5 Å². The van der Waals surface area contributed by atoms with E-state index in [2.05, 4.69) is 44.8 Å². The molecule has 2 fully saturated rings. The molecule has 1 saturated carbocycles. The molecule has 0 radical (unpaired) electrons. The third-order valence-corrected chi connectivity index (χ3v) is 5.99. The molecule has 1 saturated heterocycles. The van der Waals surface area contributed by atoms with E-state index in [9.17, 15) is 4.79 Å². The average Bonchev–Trinajstić information content (AvgIpc) is 2.79. The molecule has 2 N–H and O–H groups in total. The molecule has 0 spiro atoms. The SMILES string of the molecule is O=C(NCC1CCCCC1)c1ccnc(N2CCN[C@@H](c3ccccc3)C2)c1. The summed E-state index contributed by atoms with van der Waals surface area (Å²) in [6.07, 6.45) is 8.17. The smallest absolute Gasteiger partial charge is 0.251 e. The van der Waals surface area contributed by atoms with Crippen LogP contribution in [-0.2, 0) is 0 Å². The Morgan fingerprint density at radius 2 is 1.96 bits per heavy atom. The Bertz CT molecular complexity index is 773. The van der Waals surface area contributed by atoms with Crippen LogP contribution in [0.2, 0.25) is 0 Å². The molecule has 148 valence electrons. The lowest BCUT2D eigenvalue weighted by Crippen LogP contribution is -2.46. The summed E-state index contributed by atoms with van der Waals surface area (Å²) in [6, 6.07) is 14.5. The van der Waals surface area contributed by atoms with E-state index in [1.807, 2.05) is 18.2 Å². The number of carbonyl (C=O) groups excluding carboxylic acids is 1. The van der Waals surface area contributed by atoms with Gasteiger partial charge in [-0.3, -0.25) is 4.79 Å². The summed E-state index contributed by atoms with van der Waals surface area (Å²) in [7, 11) is 0. The summed E-state index contributed by atoms with van der Waals surface area (Å²) in [5.74, 6) is 1.54. The summed E-state index contributed by atoms with van der Waals surface area (Å²) in [5.41, 5.74) is 1.99. The van der Waals surface area contributed by atoms with Crippen molar-refractivity contribution >= 4 is 11.7 Å². The van der Waals surface area contributed by atoms with Crippen molar-refractivity contribution < 1.29 is 4.79 Å². The molecule has 5 nitrogen and oxygen atoms in total. The molecule has 2 aliphatic rings. The maximum absolute atomic E-state index is 12.6. The fourth-order valence-electron chi connectivity index (χ4n) is 4.33. The largest absolute Gasteiger partial charge is 0.353 e. The van der Waals surface area contributed by atoms with Crippen LogP contribution in [0, 0.1) is 5.92 Å². The van der Waals surface area contributed by atoms with Crippen molar-refractivity contribution in [1.29, 1.82) is 0 Å². The van der Waals surface area contributed by atoms with Crippen molar-refractivity contribution in [2.24, 2.45) is 5.92 Å². The quantitative estimate of drug-likeness (QED) is 0.836. The fourth-order valence-corrected chi connectivity index (χ4v) is 4.33. The number of piperazine rings is 1. The number of carbonyl (C=O) groups is 1. The molecule has 1 aliphatic carbocycles. The third-order valence-electron chi connectivity index (χ3n) is 5.99. The Morgan fingerprint density at radius 1 is 1.14 bits per heavy atom. The van der Waals surface area contributed by atoms with Gasteiger partial charge >= 0.3 is 0 Å².